The minimum atomic E-state index is -0.422. The van der Waals surface area contributed by atoms with Crippen molar-refractivity contribution in [3.8, 4) is 0 Å². The highest BCUT2D eigenvalue weighted by Crippen LogP contribution is 2.40. The molecule has 0 spiro atoms. The second kappa shape index (κ2) is 2.48. The minimum Gasteiger partial charge on any atom is -0.442 e. The number of benzene rings is 1. The molecule has 1 fully saturated rings. The van der Waals surface area contributed by atoms with Gasteiger partial charge >= 0.3 is 6.09 Å². The average Bonchev–Trinajstić information content (AvgIpc) is 2.65. The van der Waals surface area contributed by atoms with E-state index >= 15 is 0 Å². The zero-order valence-electron chi connectivity index (χ0n) is 7.51. The van der Waals surface area contributed by atoms with Gasteiger partial charge in [-0.15, -0.1) is 0 Å². The van der Waals surface area contributed by atoms with Crippen LogP contribution in [0.2, 0.25) is 0 Å². The summed E-state index contributed by atoms with van der Waals surface area (Å²) in [6.07, 6.45) is 0.264. The molecule has 2 atom stereocenters. The second-order valence-electron chi connectivity index (χ2n) is 3.68. The van der Waals surface area contributed by atoms with Gasteiger partial charge in [0.15, 0.2) is 0 Å². The van der Waals surface area contributed by atoms with E-state index in [1.807, 2.05) is 18.2 Å². The first kappa shape index (κ1) is 7.82. The molecule has 0 unspecified atom stereocenters. The number of hydrazine groups is 1. The summed E-state index contributed by atoms with van der Waals surface area (Å²) in [6.45, 7) is 0. The van der Waals surface area contributed by atoms with E-state index < -0.39 is 6.09 Å². The Morgan fingerprint density at radius 1 is 1.43 bits per heavy atom. The summed E-state index contributed by atoms with van der Waals surface area (Å²) in [7, 11) is 0. The van der Waals surface area contributed by atoms with Crippen molar-refractivity contribution in [2.24, 2.45) is 5.84 Å². The summed E-state index contributed by atoms with van der Waals surface area (Å²) < 4.78 is 5.14. The molecule has 72 valence electrons. The van der Waals surface area contributed by atoms with Crippen molar-refractivity contribution in [3.05, 3.63) is 35.4 Å². The first-order valence-corrected chi connectivity index (χ1v) is 4.60. The average molecular weight is 190 g/mol. The monoisotopic (exact) mass is 190 g/mol. The molecular formula is C10H10N2O2. The van der Waals surface area contributed by atoms with Gasteiger partial charge in [-0.1, -0.05) is 24.3 Å². The van der Waals surface area contributed by atoms with Crippen LogP contribution in [0.15, 0.2) is 24.3 Å². The second-order valence-corrected chi connectivity index (χ2v) is 3.68. The topological polar surface area (TPSA) is 55.6 Å². The third-order valence-electron chi connectivity index (χ3n) is 2.91. The highest BCUT2D eigenvalue weighted by Gasteiger charge is 2.46. The fourth-order valence-electron chi connectivity index (χ4n) is 2.28. The molecule has 1 saturated heterocycles. The molecule has 1 aromatic carbocycles. The summed E-state index contributed by atoms with van der Waals surface area (Å²) in [5.41, 5.74) is 2.34. The molecule has 0 saturated carbocycles. The van der Waals surface area contributed by atoms with Gasteiger partial charge < -0.3 is 4.74 Å². The molecule has 4 nitrogen and oxygen atoms in total. The van der Waals surface area contributed by atoms with Crippen molar-refractivity contribution in [1.29, 1.82) is 0 Å². The number of hydrogen-bond donors (Lipinski definition) is 1. The van der Waals surface area contributed by atoms with Crippen molar-refractivity contribution >= 4 is 6.09 Å². The number of carbonyl (C=O) groups excluding carboxylic acids is 1. The minimum absolute atomic E-state index is 0.0845. The Labute approximate surface area is 81.2 Å². The predicted molar refractivity (Wildman–Crippen MR) is 49.2 cm³/mol. The smallest absolute Gasteiger partial charge is 0.425 e. The maximum absolute atomic E-state index is 11.2. The summed E-state index contributed by atoms with van der Waals surface area (Å²) in [4.78, 5) is 11.2. The van der Waals surface area contributed by atoms with Gasteiger partial charge in [0.25, 0.3) is 0 Å². The Morgan fingerprint density at radius 2 is 2.21 bits per heavy atom. The van der Waals surface area contributed by atoms with Gasteiger partial charge in [-0.05, 0) is 11.1 Å². The summed E-state index contributed by atoms with van der Waals surface area (Å²) in [5, 5.41) is 1.19. The standard InChI is InChI=1S/C10H10N2O2/c11-12-9-7-4-2-1-3-6(7)5-8(9)14-10(12)13/h1-4,8-9H,5,11H2/t8-,9+/m1/s1. The molecule has 0 aromatic heterocycles. The van der Waals surface area contributed by atoms with Gasteiger partial charge in [-0.25, -0.2) is 15.6 Å². The van der Waals surface area contributed by atoms with Crippen molar-refractivity contribution in [3.63, 3.8) is 0 Å². The van der Waals surface area contributed by atoms with Crippen LogP contribution in [-0.4, -0.2) is 17.2 Å². The fourth-order valence-corrected chi connectivity index (χ4v) is 2.28. The zero-order chi connectivity index (χ0) is 9.71. The number of nitrogens with two attached hydrogens (primary N) is 1. The lowest BCUT2D eigenvalue weighted by Crippen LogP contribution is -2.34. The molecule has 1 amide bonds. The number of hydrogen-bond acceptors (Lipinski definition) is 3. The number of ether oxygens (including phenoxy) is 1. The lowest BCUT2D eigenvalue weighted by Gasteiger charge is -2.14. The molecule has 0 radical (unpaired) electrons. The van der Waals surface area contributed by atoms with E-state index in [0.717, 1.165) is 12.0 Å². The van der Waals surface area contributed by atoms with Crippen LogP contribution in [-0.2, 0) is 11.2 Å². The highest BCUT2D eigenvalue weighted by atomic mass is 16.6. The number of amides is 1. The third-order valence-corrected chi connectivity index (χ3v) is 2.91. The van der Waals surface area contributed by atoms with Crippen molar-refractivity contribution < 1.29 is 9.53 Å². The molecule has 1 aromatic rings. The quantitative estimate of drug-likeness (QED) is 0.490. The Morgan fingerprint density at radius 3 is 3.07 bits per heavy atom. The molecule has 3 rings (SSSR count). The van der Waals surface area contributed by atoms with Crippen LogP contribution >= 0.6 is 0 Å². The van der Waals surface area contributed by atoms with E-state index in [9.17, 15) is 4.79 Å². The Kier molecular flexibility index (Phi) is 1.39. The van der Waals surface area contributed by atoms with Crippen LogP contribution in [0.25, 0.3) is 0 Å². The highest BCUT2D eigenvalue weighted by molar-refractivity contribution is 5.71. The molecule has 2 N–H and O–H groups in total. The Bertz CT molecular complexity index is 405. The first-order chi connectivity index (χ1) is 6.77. The van der Waals surface area contributed by atoms with Gasteiger partial charge in [0, 0.05) is 6.42 Å². The molecule has 2 aliphatic rings. The summed E-state index contributed by atoms with van der Waals surface area (Å²) >= 11 is 0. The summed E-state index contributed by atoms with van der Waals surface area (Å²) in [6, 6.07) is 7.91. The Balaban J connectivity index is 2.09. The summed E-state index contributed by atoms with van der Waals surface area (Å²) in [5.74, 6) is 5.64. The van der Waals surface area contributed by atoms with E-state index in [1.165, 1.54) is 10.6 Å². The Hall–Kier alpha value is -1.55. The molecule has 14 heavy (non-hydrogen) atoms. The van der Waals surface area contributed by atoms with Crippen LogP contribution < -0.4 is 5.84 Å². The lowest BCUT2D eigenvalue weighted by molar-refractivity contribution is 0.132. The van der Waals surface area contributed by atoms with Gasteiger partial charge in [0.05, 0.1) is 0 Å². The van der Waals surface area contributed by atoms with Gasteiger partial charge in [0.2, 0.25) is 0 Å². The molecule has 1 aliphatic carbocycles. The van der Waals surface area contributed by atoms with Crippen molar-refractivity contribution in [2.75, 3.05) is 0 Å². The molecule has 4 heteroatoms. The number of fused-ring (bicyclic) bond motifs is 3. The van der Waals surface area contributed by atoms with Gasteiger partial charge in [0.1, 0.15) is 12.1 Å². The maximum atomic E-state index is 11.2. The lowest BCUT2D eigenvalue weighted by atomic mass is 10.1. The number of rotatable bonds is 0. The normalized spacial score (nSPS) is 28.6. The SMILES string of the molecule is NN1C(=O)O[C@@H]2Cc3ccccc3[C@@H]21. The first-order valence-electron chi connectivity index (χ1n) is 4.60. The van der Waals surface area contributed by atoms with E-state index in [-0.39, 0.29) is 12.1 Å². The molecular weight excluding hydrogens is 180 g/mol. The van der Waals surface area contributed by atoms with Crippen LogP contribution in [0.1, 0.15) is 17.2 Å². The number of nitrogens with zero attached hydrogens (tertiary/aromatic N) is 1. The van der Waals surface area contributed by atoms with Crippen molar-refractivity contribution in [2.45, 2.75) is 18.6 Å². The fraction of sp³-hybridized carbons (Fsp3) is 0.300. The maximum Gasteiger partial charge on any atom is 0.425 e. The molecule has 1 aliphatic heterocycles. The van der Waals surface area contributed by atoms with E-state index in [0.29, 0.717) is 0 Å². The zero-order valence-corrected chi connectivity index (χ0v) is 7.51. The van der Waals surface area contributed by atoms with Gasteiger partial charge in [-0.3, -0.25) is 0 Å². The van der Waals surface area contributed by atoms with Crippen LogP contribution in [0.3, 0.4) is 0 Å². The van der Waals surface area contributed by atoms with Crippen molar-refractivity contribution in [1.82, 2.24) is 5.01 Å². The van der Waals surface area contributed by atoms with Crippen LogP contribution in [0.4, 0.5) is 4.79 Å². The largest absolute Gasteiger partial charge is 0.442 e. The molecule has 1 heterocycles. The van der Waals surface area contributed by atoms with Gasteiger partial charge in [-0.2, -0.15) is 0 Å². The van der Waals surface area contributed by atoms with E-state index in [4.69, 9.17) is 10.6 Å². The number of carbonyl (C=O) groups is 1. The van der Waals surface area contributed by atoms with E-state index in [1.54, 1.807) is 0 Å². The third kappa shape index (κ3) is 0.834. The van der Waals surface area contributed by atoms with E-state index in [2.05, 4.69) is 6.07 Å². The van der Waals surface area contributed by atoms with Crippen LogP contribution in [0.5, 0.6) is 0 Å². The predicted octanol–water partition coefficient (Wildman–Crippen LogP) is 0.978. The molecule has 0 bridgehead atoms. The van der Waals surface area contributed by atoms with Crippen LogP contribution in [0, 0.1) is 0 Å².